The van der Waals surface area contributed by atoms with Crippen LogP contribution in [0.2, 0.25) is 0 Å². The molecule has 1 heterocycles. The fourth-order valence-corrected chi connectivity index (χ4v) is 2.88. The van der Waals surface area contributed by atoms with Crippen LogP contribution in [0, 0.1) is 0 Å². The fraction of sp³-hybridized carbons (Fsp3) is 0.500. The van der Waals surface area contributed by atoms with E-state index in [1.54, 1.807) is 4.90 Å². The van der Waals surface area contributed by atoms with Crippen LogP contribution in [-0.4, -0.2) is 50.6 Å². The first-order valence-corrected chi connectivity index (χ1v) is 7.30. The highest BCUT2D eigenvalue weighted by Crippen LogP contribution is 2.25. The molecule has 1 aliphatic rings. The molecule has 1 atom stereocenters. The minimum absolute atomic E-state index is 0.139. The van der Waals surface area contributed by atoms with Crippen LogP contribution in [0.15, 0.2) is 28.7 Å². The Kier molecular flexibility index (Phi) is 4.96. The van der Waals surface area contributed by atoms with Crippen molar-refractivity contribution in [1.29, 1.82) is 0 Å². The highest BCUT2D eigenvalue weighted by Gasteiger charge is 2.22. The second kappa shape index (κ2) is 6.50. The van der Waals surface area contributed by atoms with Gasteiger partial charge in [0.05, 0.1) is 5.69 Å². The molecule has 0 aliphatic carbocycles. The number of rotatable bonds is 3. The smallest absolute Gasteiger partial charge is 0.228 e. The molecular weight excluding hydrogens is 306 g/mol. The second-order valence-electron chi connectivity index (χ2n) is 5.02. The van der Waals surface area contributed by atoms with E-state index in [1.807, 2.05) is 31.3 Å². The summed E-state index contributed by atoms with van der Waals surface area (Å²) in [5.74, 6) is 0.139. The van der Waals surface area contributed by atoms with Gasteiger partial charge in [0.25, 0.3) is 0 Å². The van der Waals surface area contributed by atoms with Gasteiger partial charge in [-0.05, 0) is 35.1 Å². The molecule has 0 radical (unpaired) electrons. The number of amides is 1. The Labute approximate surface area is 122 Å². The Morgan fingerprint density at radius 1 is 1.53 bits per heavy atom. The van der Waals surface area contributed by atoms with Crippen molar-refractivity contribution in [3.63, 3.8) is 0 Å². The molecule has 1 aromatic rings. The molecule has 4 nitrogen and oxygen atoms in total. The molecule has 1 aromatic carbocycles. The zero-order chi connectivity index (χ0) is 13.8. The molecule has 1 saturated heterocycles. The largest absolute Gasteiger partial charge is 0.314 e. The van der Waals surface area contributed by atoms with Crippen molar-refractivity contribution >= 4 is 27.5 Å². The molecule has 104 valence electrons. The summed E-state index contributed by atoms with van der Waals surface area (Å²) in [6, 6.07) is 8.03. The molecule has 0 saturated carbocycles. The maximum atomic E-state index is 12.3. The maximum absolute atomic E-state index is 12.3. The summed E-state index contributed by atoms with van der Waals surface area (Å²) >= 11 is 3.48. The molecule has 0 spiro atoms. The number of likely N-dealkylation sites (N-methyl/N-ethyl adjacent to an activating group) is 1. The third kappa shape index (κ3) is 3.78. The number of carbonyl (C=O) groups excluding carboxylic acids is 1. The summed E-state index contributed by atoms with van der Waals surface area (Å²) in [5, 5.41) is 3.40. The van der Waals surface area contributed by atoms with E-state index in [0.717, 1.165) is 29.8 Å². The van der Waals surface area contributed by atoms with Crippen LogP contribution < -0.4 is 10.2 Å². The third-order valence-electron chi connectivity index (χ3n) is 3.47. The summed E-state index contributed by atoms with van der Waals surface area (Å²) in [7, 11) is 3.92. The molecule has 1 fully saturated rings. The Hall–Kier alpha value is -0.910. The lowest BCUT2D eigenvalue weighted by Gasteiger charge is -2.31. The van der Waals surface area contributed by atoms with Crippen LogP contribution in [-0.2, 0) is 4.79 Å². The average Bonchev–Trinajstić information content (AvgIpc) is 2.38. The van der Waals surface area contributed by atoms with E-state index in [0.29, 0.717) is 6.42 Å². The fourth-order valence-electron chi connectivity index (χ4n) is 2.33. The molecule has 1 aliphatic heterocycles. The molecule has 1 N–H and O–H groups in total. The number of carbonyl (C=O) groups is 1. The highest BCUT2D eigenvalue weighted by molar-refractivity contribution is 9.10. The first kappa shape index (κ1) is 14.5. The normalized spacial score (nSPS) is 20.3. The molecular formula is C14H20BrN3O. The number of hydrogen-bond acceptors (Lipinski definition) is 3. The molecule has 0 aromatic heterocycles. The van der Waals surface area contributed by atoms with Gasteiger partial charge in [-0.3, -0.25) is 4.79 Å². The zero-order valence-corrected chi connectivity index (χ0v) is 13.0. The Morgan fingerprint density at radius 2 is 2.26 bits per heavy atom. The quantitative estimate of drug-likeness (QED) is 0.918. The minimum atomic E-state index is 0.139. The van der Waals surface area contributed by atoms with Crippen molar-refractivity contribution in [2.24, 2.45) is 0 Å². The van der Waals surface area contributed by atoms with Crippen LogP contribution in [0.3, 0.4) is 0 Å². The second-order valence-corrected chi connectivity index (χ2v) is 5.88. The lowest BCUT2D eigenvalue weighted by molar-refractivity contribution is -0.119. The van der Waals surface area contributed by atoms with Gasteiger partial charge in [0, 0.05) is 43.6 Å². The number of halogens is 1. The summed E-state index contributed by atoms with van der Waals surface area (Å²) < 4.78 is 0.944. The summed E-state index contributed by atoms with van der Waals surface area (Å²) in [5.41, 5.74) is 0.914. The van der Waals surface area contributed by atoms with Crippen molar-refractivity contribution in [2.45, 2.75) is 12.5 Å². The van der Waals surface area contributed by atoms with E-state index in [1.165, 1.54) is 0 Å². The van der Waals surface area contributed by atoms with Gasteiger partial charge < -0.3 is 15.1 Å². The van der Waals surface area contributed by atoms with Crippen LogP contribution in [0.4, 0.5) is 5.69 Å². The first-order chi connectivity index (χ1) is 9.08. The molecule has 19 heavy (non-hydrogen) atoms. The van der Waals surface area contributed by atoms with Crippen molar-refractivity contribution in [1.82, 2.24) is 10.2 Å². The van der Waals surface area contributed by atoms with Gasteiger partial charge in [-0.25, -0.2) is 0 Å². The monoisotopic (exact) mass is 325 g/mol. The number of hydrogen-bond donors (Lipinski definition) is 1. The predicted molar refractivity (Wildman–Crippen MR) is 81.5 cm³/mol. The summed E-state index contributed by atoms with van der Waals surface area (Å²) in [4.78, 5) is 16.3. The first-order valence-electron chi connectivity index (χ1n) is 6.51. The molecule has 0 bridgehead atoms. The highest BCUT2D eigenvalue weighted by atomic mass is 79.9. The summed E-state index contributed by atoms with van der Waals surface area (Å²) in [6.45, 7) is 2.92. The zero-order valence-electron chi connectivity index (χ0n) is 11.4. The molecule has 2 rings (SSSR count). The van der Waals surface area contributed by atoms with Gasteiger partial charge in [-0.1, -0.05) is 12.1 Å². The van der Waals surface area contributed by atoms with Gasteiger partial charge in [0.1, 0.15) is 0 Å². The lowest BCUT2D eigenvalue weighted by Crippen LogP contribution is -2.50. The van der Waals surface area contributed by atoms with Gasteiger partial charge >= 0.3 is 0 Å². The van der Waals surface area contributed by atoms with E-state index < -0.39 is 0 Å². The molecule has 5 heteroatoms. The van der Waals surface area contributed by atoms with E-state index in [2.05, 4.69) is 33.2 Å². The topological polar surface area (TPSA) is 35.6 Å². The van der Waals surface area contributed by atoms with Crippen LogP contribution in [0.5, 0.6) is 0 Å². The number of anilines is 1. The number of para-hydroxylation sites is 1. The van der Waals surface area contributed by atoms with Gasteiger partial charge in [-0.15, -0.1) is 0 Å². The summed E-state index contributed by atoms with van der Waals surface area (Å²) in [6.07, 6.45) is 0.530. The van der Waals surface area contributed by atoms with E-state index in [-0.39, 0.29) is 11.9 Å². The Morgan fingerprint density at radius 3 is 2.95 bits per heavy atom. The van der Waals surface area contributed by atoms with Gasteiger partial charge in [-0.2, -0.15) is 0 Å². The van der Waals surface area contributed by atoms with Crippen molar-refractivity contribution in [3.8, 4) is 0 Å². The third-order valence-corrected chi connectivity index (χ3v) is 4.14. The van der Waals surface area contributed by atoms with Crippen molar-refractivity contribution in [3.05, 3.63) is 28.7 Å². The minimum Gasteiger partial charge on any atom is -0.314 e. The Balaban J connectivity index is 1.98. The number of benzene rings is 1. The van der Waals surface area contributed by atoms with E-state index in [9.17, 15) is 4.79 Å². The lowest BCUT2D eigenvalue weighted by atomic mass is 10.1. The van der Waals surface area contributed by atoms with Crippen LogP contribution in [0.1, 0.15) is 6.42 Å². The average molecular weight is 326 g/mol. The van der Waals surface area contributed by atoms with E-state index in [4.69, 9.17) is 0 Å². The SMILES string of the molecule is CN1CCNC(CC(=O)N(C)c2ccccc2Br)C1. The number of nitrogens with zero attached hydrogens (tertiary/aromatic N) is 2. The number of nitrogens with one attached hydrogen (secondary N) is 1. The van der Waals surface area contributed by atoms with E-state index >= 15 is 0 Å². The number of piperazine rings is 1. The van der Waals surface area contributed by atoms with Crippen molar-refractivity contribution in [2.75, 3.05) is 38.6 Å². The predicted octanol–water partition coefficient (Wildman–Crippen LogP) is 1.71. The van der Waals surface area contributed by atoms with Gasteiger partial charge in [0.15, 0.2) is 0 Å². The molecule has 1 amide bonds. The standard InChI is InChI=1S/C14H20BrN3O/c1-17-8-7-16-11(10-17)9-14(19)18(2)13-6-4-3-5-12(13)15/h3-6,11,16H,7-10H2,1-2H3. The molecule has 1 unspecified atom stereocenters. The van der Waals surface area contributed by atoms with Crippen LogP contribution >= 0.6 is 15.9 Å². The maximum Gasteiger partial charge on any atom is 0.228 e. The van der Waals surface area contributed by atoms with Crippen molar-refractivity contribution < 1.29 is 4.79 Å². The Bertz CT molecular complexity index is 452. The van der Waals surface area contributed by atoms with Gasteiger partial charge in [0.2, 0.25) is 5.91 Å². The van der Waals surface area contributed by atoms with Crippen LogP contribution in [0.25, 0.3) is 0 Å².